The molecule has 0 radical (unpaired) electrons. The predicted octanol–water partition coefficient (Wildman–Crippen LogP) is 3.04. The van der Waals surface area contributed by atoms with Crippen LogP contribution in [0.15, 0.2) is 22.9 Å². The number of nitrogens with zero attached hydrogens (tertiary/aromatic N) is 1. The zero-order chi connectivity index (χ0) is 15.2. The van der Waals surface area contributed by atoms with Crippen molar-refractivity contribution in [2.24, 2.45) is 0 Å². The van der Waals surface area contributed by atoms with Gasteiger partial charge in [-0.3, -0.25) is 9.69 Å². The summed E-state index contributed by atoms with van der Waals surface area (Å²) in [7, 11) is 1.86. The van der Waals surface area contributed by atoms with Crippen LogP contribution in [0.5, 0.6) is 0 Å². The molecule has 0 aliphatic carbocycles. The van der Waals surface area contributed by atoms with E-state index in [1.807, 2.05) is 55.6 Å². The van der Waals surface area contributed by atoms with Crippen LogP contribution >= 0.6 is 11.3 Å². The highest BCUT2D eigenvalue weighted by atomic mass is 32.1. The average molecular weight is 291 g/mol. The zero-order valence-electron chi connectivity index (χ0n) is 12.5. The molecule has 0 aromatic carbocycles. The van der Waals surface area contributed by atoms with E-state index in [1.54, 1.807) is 11.3 Å². The predicted molar refractivity (Wildman–Crippen MR) is 84.5 cm³/mol. The number of esters is 1. The number of hydrogen-bond acceptors (Lipinski definition) is 4. The standard InChI is InChI=1S/C16H21NO2S/c1-6-13(14-8-10-20-12-14)7-9-17(5)11-15(18)19-16(2,3)4/h1,7-8,10,12H,9,11H2,2-5H3. The summed E-state index contributed by atoms with van der Waals surface area (Å²) in [4.78, 5) is 13.6. The highest BCUT2D eigenvalue weighted by molar-refractivity contribution is 7.08. The van der Waals surface area contributed by atoms with Crippen LogP contribution in [0.3, 0.4) is 0 Å². The van der Waals surface area contributed by atoms with Crippen molar-refractivity contribution in [2.45, 2.75) is 26.4 Å². The number of thiophene rings is 1. The van der Waals surface area contributed by atoms with E-state index in [2.05, 4.69) is 5.92 Å². The van der Waals surface area contributed by atoms with Crippen LogP contribution in [0.1, 0.15) is 26.3 Å². The summed E-state index contributed by atoms with van der Waals surface area (Å²) in [5.41, 5.74) is 1.44. The third-order valence-electron chi connectivity index (χ3n) is 2.41. The molecule has 1 aromatic rings. The summed E-state index contributed by atoms with van der Waals surface area (Å²) < 4.78 is 5.27. The van der Waals surface area contributed by atoms with Crippen LogP contribution in [0, 0.1) is 12.3 Å². The minimum absolute atomic E-state index is 0.230. The van der Waals surface area contributed by atoms with Gasteiger partial charge in [0.25, 0.3) is 0 Å². The van der Waals surface area contributed by atoms with Gasteiger partial charge in [0.05, 0.1) is 6.54 Å². The Morgan fingerprint density at radius 1 is 1.55 bits per heavy atom. The molecule has 0 unspecified atom stereocenters. The van der Waals surface area contributed by atoms with E-state index in [-0.39, 0.29) is 12.5 Å². The summed E-state index contributed by atoms with van der Waals surface area (Å²) >= 11 is 1.61. The number of likely N-dealkylation sites (N-methyl/N-ethyl adjacent to an activating group) is 1. The molecule has 108 valence electrons. The molecule has 1 heterocycles. The Kier molecular flexibility index (Phi) is 6.00. The van der Waals surface area contributed by atoms with Crippen LogP contribution in [0.2, 0.25) is 0 Å². The van der Waals surface area contributed by atoms with Crippen LogP contribution in [0.4, 0.5) is 0 Å². The Morgan fingerprint density at radius 2 is 2.25 bits per heavy atom. The lowest BCUT2D eigenvalue weighted by molar-refractivity contribution is -0.155. The largest absolute Gasteiger partial charge is 0.459 e. The van der Waals surface area contributed by atoms with Crippen molar-refractivity contribution in [3.63, 3.8) is 0 Å². The number of ether oxygens (including phenoxy) is 1. The molecule has 0 aliphatic rings. The lowest BCUT2D eigenvalue weighted by Crippen LogP contribution is -2.32. The van der Waals surface area contributed by atoms with E-state index in [9.17, 15) is 4.79 Å². The summed E-state index contributed by atoms with van der Waals surface area (Å²) in [6.07, 6.45) is 7.46. The van der Waals surface area contributed by atoms with Gasteiger partial charge in [0, 0.05) is 17.7 Å². The number of allylic oxidation sites excluding steroid dienone is 1. The van der Waals surface area contributed by atoms with Gasteiger partial charge >= 0.3 is 5.97 Å². The van der Waals surface area contributed by atoms with Gasteiger partial charge in [-0.15, -0.1) is 6.42 Å². The van der Waals surface area contributed by atoms with Gasteiger partial charge in [-0.1, -0.05) is 12.0 Å². The number of hydrogen-bond donors (Lipinski definition) is 0. The smallest absolute Gasteiger partial charge is 0.320 e. The molecule has 0 fully saturated rings. The molecule has 0 spiro atoms. The number of carbonyl (C=O) groups excluding carboxylic acids is 1. The van der Waals surface area contributed by atoms with Crippen molar-refractivity contribution in [3.8, 4) is 12.3 Å². The minimum Gasteiger partial charge on any atom is -0.459 e. The fraction of sp³-hybridized carbons (Fsp3) is 0.438. The average Bonchev–Trinajstić information content (AvgIpc) is 2.80. The molecule has 0 saturated carbocycles. The van der Waals surface area contributed by atoms with Crippen molar-refractivity contribution < 1.29 is 9.53 Å². The molecule has 0 N–H and O–H groups in total. The van der Waals surface area contributed by atoms with Gasteiger partial charge in [0.1, 0.15) is 5.60 Å². The van der Waals surface area contributed by atoms with Crippen LogP contribution in [-0.2, 0) is 9.53 Å². The van der Waals surface area contributed by atoms with E-state index < -0.39 is 5.60 Å². The van der Waals surface area contributed by atoms with E-state index in [0.29, 0.717) is 6.54 Å². The van der Waals surface area contributed by atoms with Gasteiger partial charge in [-0.25, -0.2) is 0 Å². The van der Waals surface area contributed by atoms with E-state index in [1.165, 1.54) is 0 Å². The Balaban J connectivity index is 2.52. The molecule has 0 bridgehead atoms. The number of rotatable bonds is 5. The molecular weight excluding hydrogens is 270 g/mol. The summed E-state index contributed by atoms with van der Waals surface area (Å²) in [6, 6.07) is 1.99. The summed E-state index contributed by atoms with van der Waals surface area (Å²) in [5.74, 6) is 2.45. The number of carbonyl (C=O) groups is 1. The second-order valence-electron chi connectivity index (χ2n) is 5.56. The Labute approximate surface area is 125 Å². The van der Waals surface area contributed by atoms with Gasteiger partial charge in [-0.05, 0) is 44.6 Å². The van der Waals surface area contributed by atoms with Crippen molar-refractivity contribution in [2.75, 3.05) is 20.1 Å². The van der Waals surface area contributed by atoms with Gasteiger partial charge in [0.15, 0.2) is 0 Å². The second kappa shape index (κ2) is 7.28. The molecule has 0 saturated heterocycles. The summed E-state index contributed by atoms with van der Waals surface area (Å²) in [6.45, 7) is 6.43. The third kappa shape index (κ3) is 6.05. The maximum atomic E-state index is 11.7. The minimum atomic E-state index is -0.450. The molecule has 0 amide bonds. The molecule has 0 aliphatic heterocycles. The molecular formula is C16H21NO2S. The first kappa shape index (κ1) is 16.5. The first-order chi connectivity index (χ1) is 9.31. The van der Waals surface area contributed by atoms with Crippen molar-refractivity contribution in [1.82, 2.24) is 4.90 Å². The maximum Gasteiger partial charge on any atom is 0.320 e. The lowest BCUT2D eigenvalue weighted by atomic mass is 10.1. The molecule has 3 nitrogen and oxygen atoms in total. The van der Waals surface area contributed by atoms with Gasteiger partial charge in [-0.2, -0.15) is 11.3 Å². The van der Waals surface area contributed by atoms with Crippen LogP contribution in [-0.4, -0.2) is 36.6 Å². The zero-order valence-corrected chi connectivity index (χ0v) is 13.3. The van der Waals surface area contributed by atoms with Gasteiger partial charge < -0.3 is 4.74 Å². The molecule has 1 aromatic heterocycles. The highest BCUT2D eigenvalue weighted by Gasteiger charge is 2.17. The monoisotopic (exact) mass is 291 g/mol. The first-order valence-corrected chi connectivity index (χ1v) is 7.36. The second-order valence-corrected chi connectivity index (χ2v) is 6.34. The summed E-state index contributed by atoms with van der Waals surface area (Å²) in [5, 5.41) is 4.00. The van der Waals surface area contributed by atoms with E-state index >= 15 is 0 Å². The quantitative estimate of drug-likeness (QED) is 0.617. The topological polar surface area (TPSA) is 29.5 Å². The lowest BCUT2D eigenvalue weighted by Gasteiger charge is -2.21. The number of terminal acetylenes is 1. The van der Waals surface area contributed by atoms with Crippen molar-refractivity contribution in [1.29, 1.82) is 0 Å². The Morgan fingerprint density at radius 3 is 2.75 bits per heavy atom. The third-order valence-corrected chi connectivity index (χ3v) is 3.10. The SMILES string of the molecule is C#CC(=CCN(C)CC(=O)OC(C)(C)C)c1ccsc1. The molecule has 20 heavy (non-hydrogen) atoms. The first-order valence-electron chi connectivity index (χ1n) is 6.41. The molecule has 4 heteroatoms. The normalized spacial score (nSPS) is 12.3. The van der Waals surface area contributed by atoms with Crippen LogP contribution in [0.25, 0.3) is 5.57 Å². The fourth-order valence-electron chi connectivity index (χ4n) is 1.58. The van der Waals surface area contributed by atoms with Crippen molar-refractivity contribution >= 4 is 22.9 Å². The molecule has 0 atom stereocenters. The molecule has 1 rings (SSSR count). The fourth-order valence-corrected chi connectivity index (χ4v) is 2.24. The van der Waals surface area contributed by atoms with Crippen molar-refractivity contribution in [3.05, 3.63) is 28.5 Å². The van der Waals surface area contributed by atoms with Gasteiger partial charge in [0.2, 0.25) is 0 Å². The van der Waals surface area contributed by atoms with E-state index in [4.69, 9.17) is 11.2 Å². The Hall–Kier alpha value is -1.57. The maximum absolute atomic E-state index is 11.7. The highest BCUT2D eigenvalue weighted by Crippen LogP contribution is 2.16. The van der Waals surface area contributed by atoms with E-state index in [0.717, 1.165) is 11.1 Å². The Bertz CT molecular complexity index is 504. The van der Waals surface area contributed by atoms with Crippen LogP contribution < -0.4 is 0 Å².